The number of hydrogen-bond acceptors (Lipinski definition) is 3. The first kappa shape index (κ1) is 19.7. The second-order valence-corrected chi connectivity index (χ2v) is 7.63. The molecule has 1 saturated carbocycles. The van der Waals surface area contributed by atoms with Gasteiger partial charge in [-0.15, -0.1) is 0 Å². The number of nitrogens with zero attached hydrogens (tertiary/aromatic N) is 1. The monoisotopic (exact) mass is 373 g/mol. The molecule has 2 N–H and O–H groups in total. The molecule has 0 radical (unpaired) electrons. The molecule has 2 fully saturated rings. The highest BCUT2D eigenvalue weighted by atomic mass is 16.5. The second kappa shape index (κ2) is 9.74. The summed E-state index contributed by atoms with van der Waals surface area (Å²) in [7, 11) is 0. The van der Waals surface area contributed by atoms with Gasteiger partial charge >= 0.3 is 6.03 Å². The Morgan fingerprint density at radius 2 is 1.78 bits per heavy atom. The number of likely N-dealkylation sites (tertiary alicyclic amines) is 1. The van der Waals surface area contributed by atoms with E-state index in [2.05, 4.69) is 17.6 Å². The average Bonchev–Trinajstić information content (AvgIpc) is 3.21. The van der Waals surface area contributed by atoms with Crippen LogP contribution < -0.4 is 10.6 Å². The quantitative estimate of drug-likeness (QED) is 0.748. The normalized spacial score (nSPS) is 22.5. The van der Waals surface area contributed by atoms with E-state index in [1.54, 1.807) is 24.3 Å². The number of nitrogens with one attached hydrogen (secondary N) is 2. The van der Waals surface area contributed by atoms with Crippen molar-refractivity contribution in [2.24, 2.45) is 5.92 Å². The highest BCUT2D eigenvalue weighted by Crippen LogP contribution is 2.26. The minimum absolute atomic E-state index is 0.0672. The van der Waals surface area contributed by atoms with Crippen LogP contribution in [0, 0.1) is 5.92 Å². The molecule has 1 aliphatic carbocycles. The summed E-state index contributed by atoms with van der Waals surface area (Å²) in [5, 5.41) is 5.61. The molecule has 0 aromatic heterocycles. The predicted molar refractivity (Wildman–Crippen MR) is 106 cm³/mol. The third kappa shape index (κ3) is 5.70. The van der Waals surface area contributed by atoms with E-state index in [4.69, 9.17) is 4.74 Å². The SMILES string of the molecule is CC1CCCCC1OCCNC(=O)Nc1ccc(C(=O)N2CCCC2)cc1. The van der Waals surface area contributed by atoms with Crippen LogP contribution >= 0.6 is 0 Å². The topological polar surface area (TPSA) is 70.7 Å². The summed E-state index contributed by atoms with van der Waals surface area (Å²) in [5.41, 5.74) is 1.34. The van der Waals surface area contributed by atoms with Gasteiger partial charge in [0.1, 0.15) is 0 Å². The van der Waals surface area contributed by atoms with Crippen molar-refractivity contribution in [2.75, 3.05) is 31.6 Å². The van der Waals surface area contributed by atoms with Crippen molar-refractivity contribution in [1.82, 2.24) is 10.2 Å². The molecule has 1 aromatic rings. The zero-order chi connectivity index (χ0) is 19.1. The van der Waals surface area contributed by atoms with E-state index >= 15 is 0 Å². The Bertz CT molecular complexity index is 626. The van der Waals surface area contributed by atoms with Gasteiger partial charge in [0.25, 0.3) is 5.91 Å². The van der Waals surface area contributed by atoms with Crippen LogP contribution in [0.25, 0.3) is 0 Å². The molecule has 27 heavy (non-hydrogen) atoms. The summed E-state index contributed by atoms with van der Waals surface area (Å²) in [6.45, 7) is 4.93. The highest BCUT2D eigenvalue weighted by Gasteiger charge is 2.21. The molecular weight excluding hydrogens is 342 g/mol. The molecule has 6 nitrogen and oxygen atoms in total. The fourth-order valence-electron chi connectivity index (χ4n) is 3.88. The van der Waals surface area contributed by atoms with Crippen LogP contribution in [-0.4, -0.2) is 49.2 Å². The number of amides is 3. The highest BCUT2D eigenvalue weighted by molar-refractivity contribution is 5.95. The number of urea groups is 1. The number of hydrogen-bond donors (Lipinski definition) is 2. The number of ether oxygens (including phenoxy) is 1. The Morgan fingerprint density at radius 3 is 2.48 bits per heavy atom. The second-order valence-electron chi connectivity index (χ2n) is 7.63. The van der Waals surface area contributed by atoms with Gasteiger partial charge < -0.3 is 20.3 Å². The van der Waals surface area contributed by atoms with E-state index in [1.165, 1.54) is 19.3 Å². The fourth-order valence-corrected chi connectivity index (χ4v) is 3.88. The van der Waals surface area contributed by atoms with E-state index in [-0.39, 0.29) is 11.9 Å². The predicted octanol–water partition coefficient (Wildman–Crippen LogP) is 3.64. The summed E-state index contributed by atoms with van der Waals surface area (Å²) in [5.74, 6) is 0.673. The number of carbonyl (C=O) groups excluding carboxylic acids is 2. The molecule has 1 saturated heterocycles. The first-order chi connectivity index (χ1) is 13.1. The Hall–Kier alpha value is -2.08. The molecule has 148 valence electrons. The Kier molecular flexibility index (Phi) is 7.10. The molecule has 0 spiro atoms. The van der Waals surface area contributed by atoms with Gasteiger partial charge in [-0.3, -0.25) is 4.79 Å². The van der Waals surface area contributed by atoms with E-state index in [0.29, 0.717) is 36.4 Å². The van der Waals surface area contributed by atoms with Crippen LogP contribution in [-0.2, 0) is 4.74 Å². The molecule has 1 aliphatic heterocycles. The average molecular weight is 373 g/mol. The minimum atomic E-state index is -0.256. The lowest BCUT2D eigenvalue weighted by molar-refractivity contribution is -0.00232. The smallest absolute Gasteiger partial charge is 0.319 e. The van der Waals surface area contributed by atoms with Gasteiger partial charge in [0, 0.05) is 30.9 Å². The Morgan fingerprint density at radius 1 is 1.07 bits per heavy atom. The van der Waals surface area contributed by atoms with E-state index in [9.17, 15) is 9.59 Å². The van der Waals surface area contributed by atoms with Gasteiger partial charge in [0.15, 0.2) is 0 Å². The van der Waals surface area contributed by atoms with Crippen LogP contribution in [0.5, 0.6) is 0 Å². The Labute approximate surface area is 161 Å². The van der Waals surface area contributed by atoms with Crippen molar-refractivity contribution in [1.29, 1.82) is 0 Å². The van der Waals surface area contributed by atoms with E-state index in [1.807, 2.05) is 4.90 Å². The maximum Gasteiger partial charge on any atom is 0.319 e. The largest absolute Gasteiger partial charge is 0.376 e. The zero-order valence-electron chi connectivity index (χ0n) is 16.2. The molecule has 2 unspecified atom stereocenters. The van der Waals surface area contributed by atoms with Gasteiger partial charge in [-0.25, -0.2) is 4.79 Å². The van der Waals surface area contributed by atoms with Crippen LogP contribution in [0.4, 0.5) is 10.5 Å². The van der Waals surface area contributed by atoms with Gasteiger partial charge in [-0.05, 0) is 55.9 Å². The lowest BCUT2D eigenvalue weighted by atomic mass is 9.88. The minimum Gasteiger partial charge on any atom is -0.376 e. The Balaban J connectivity index is 1.37. The fraction of sp³-hybridized carbons (Fsp3) is 0.619. The van der Waals surface area contributed by atoms with Gasteiger partial charge in [0.05, 0.1) is 12.7 Å². The first-order valence-electron chi connectivity index (χ1n) is 10.2. The summed E-state index contributed by atoms with van der Waals surface area (Å²) >= 11 is 0. The molecule has 6 heteroatoms. The molecule has 3 rings (SSSR count). The maximum atomic E-state index is 12.3. The first-order valence-corrected chi connectivity index (χ1v) is 10.2. The van der Waals surface area contributed by atoms with Crippen molar-refractivity contribution >= 4 is 17.6 Å². The summed E-state index contributed by atoms with van der Waals surface area (Å²) < 4.78 is 5.90. The van der Waals surface area contributed by atoms with Crippen LogP contribution in [0.2, 0.25) is 0 Å². The maximum absolute atomic E-state index is 12.3. The van der Waals surface area contributed by atoms with Crippen LogP contribution in [0.15, 0.2) is 24.3 Å². The third-order valence-corrected chi connectivity index (χ3v) is 5.54. The molecule has 0 bridgehead atoms. The van der Waals surface area contributed by atoms with E-state index in [0.717, 1.165) is 32.4 Å². The van der Waals surface area contributed by atoms with Crippen molar-refractivity contribution in [3.8, 4) is 0 Å². The molecule has 1 aromatic carbocycles. The van der Waals surface area contributed by atoms with Crippen molar-refractivity contribution in [3.05, 3.63) is 29.8 Å². The van der Waals surface area contributed by atoms with Crippen molar-refractivity contribution in [2.45, 2.75) is 51.6 Å². The number of carbonyl (C=O) groups is 2. The zero-order valence-corrected chi connectivity index (χ0v) is 16.2. The summed E-state index contributed by atoms with van der Waals surface area (Å²) in [4.78, 5) is 26.2. The summed E-state index contributed by atoms with van der Waals surface area (Å²) in [6.07, 6.45) is 7.36. The van der Waals surface area contributed by atoms with Crippen LogP contribution in [0.1, 0.15) is 55.8 Å². The number of benzene rings is 1. The van der Waals surface area contributed by atoms with E-state index < -0.39 is 0 Å². The standard InChI is InChI=1S/C21H31N3O3/c1-16-6-2-3-7-19(16)27-15-12-22-21(26)23-18-10-8-17(9-11-18)20(25)24-13-4-5-14-24/h8-11,16,19H,2-7,12-15H2,1H3,(H2,22,23,26). The molecule has 1 heterocycles. The van der Waals surface area contributed by atoms with Gasteiger partial charge in [-0.1, -0.05) is 19.8 Å². The lowest BCUT2D eigenvalue weighted by Gasteiger charge is -2.28. The summed E-state index contributed by atoms with van der Waals surface area (Å²) in [6, 6.07) is 6.81. The third-order valence-electron chi connectivity index (χ3n) is 5.54. The number of rotatable bonds is 6. The molecule has 2 atom stereocenters. The van der Waals surface area contributed by atoms with Crippen LogP contribution in [0.3, 0.4) is 0 Å². The number of anilines is 1. The molecule has 3 amide bonds. The van der Waals surface area contributed by atoms with Gasteiger partial charge in [0.2, 0.25) is 0 Å². The lowest BCUT2D eigenvalue weighted by Crippen LogP contribution is -2.34. The van der Waals surface area contributed by atoms with Crippen molar-refractivity contribution < 1.29 is 14.3 Å². The van der Waals surface area contributed by atoms with Gasteiger partial charge in [-0.2, -0.15) is 0 Å². The molecule has 2 aliphatic rings. The van der Waals surface area contributed by atoms with Crippen molar-refractivity contribution in [3.63, 3.8) is 0 Å². The molecular formula is C21H31N3O3.